The van der Waals surface area contributed by atoms with E-state index in [0.29, 0.717) is 13.2 Å². The first-order valence-electron chi connectivity index (χ1n) is 6.34. The minimum atomic E-state index is 0.674. The van der Waals surface area contributed by atoms with E-state index in [1.807, 2.05) is 18.2 Å². The van der Waals surface area contributed by atoms with E-state index >= 15 is 0 Å². The van der Waals surface area contributed by atoms with Crippen LogP contribution in [0.1, 0.15) is 11.1 Å². The van der Waals surface area contributed by atoms with E-state index in [-0.39, 0.29) is 0 Å². The van der Waals surface area contributed by atoms with Crippen molar-refractivity contribution in [1.82, 2.24) is 0 Å². The number of rotatable bonds is 6. The maximum atomic E-state index is 5.76. The van der Waals surface area contributed by atoms with Crippen LogP contribution in [0.3, 0.4) is 0 Å². The minimum Gasteiger partial charge on any atom is -0.493 e. The van der Waals surface area contributed by atoms with Gasteiger partial charge in [0.1, 0.15) is 5.75 Å². The lowest BCUT2D eigenvalue weighted by Gasteiger charge is -2.07. The summed E-state index contributed by atoms with van der Waals surface area (Å²) in [6.45, 7) is 1.38. The molecule has 2 N–H and O–H groups in total. The van der Waals surface area contributed by atoms with Crippen molar-refractivity contribution in [1.29, 1.82) is 0 Å². The van der Waals surface area contributed by atoms with Gasteiger partial charge in [0, 0.05) is 6.42 Å². The molecule has 0 spiro atoms. The fraction of sp³-hybridized carbons (Fsp3) is 0.250. The Labute approximate surface area is 108 Å². The van der Waals surface area contributed by atoms with Crippen molar-refractivity contribution in [3.63, 3.8) is 0 Å². The lowest BCUT2D eigenvalue weighted by molar-refractivity contribution is 0.321. The molecule has 0 aromatic heterocycles. The molecule has 94 valence electrons. The second-order valence-corrected chi connectivity index (χ2v) is 4.27. The zero-order valence-electron chi connectivity index (χ0n) is 10.5. The molecule has 2 nitrogen and oxygen atoms in total. The molecule has 0 amide bonds. The van der Waals surface area contributed by atoms with E-state index < -0.39 is 0 Å². The van der Waals surface area contributed by atoms with Crippen LogP contribution in [-0.4, -0.2) is 13.2 Å². The van der Waals surface area contributed by atoms with Gasteiger partial charge in [-0.2, -0.15) is 0 Å². The first-order chi connectivity index (χ1) is 8.88. The number of hydrogen-bond donors (Lipinski definition) is 1. The summed E-state index contributed by atoms with van der Waals surface area (Å²) in [7, 11) is 0. The third-order valence-electron chi connectivity index (χ3n) is 2.83. The molecule has 2 heteroatoms. The van der Waals surface area contributed by atoms with Crippen LogP contribution in [0, 0.1) is 0 Å². The van der Waals surface area contributed by atoms with Crippen molar-refractivity contribution < 1.29 is 4.74 Å². The van der Waals surface area contributed by atoms with Crippen molar-refractivity contribution in [2.45, 2.75) is 12.8 Å². The van der Waals surface area contributed by atoms with Gasteiger partial charge in [-0.15, -0.1) is 0 Å². The highest BCUT2D eigenvalue weighted by molar-refractivity contribution is 5.28. The molecule has 0 radical (unpaired) electrons. The Bertz CT molecular complexity index is 468. The summed E-state index contributed by atoms with van der Waals surface area (Å²) < 4.78 is 5.76. The highest BCUT2D eigenvalue weighted by atomic mass is 16.5. The summed E-state index contributed by atoms with van der Waals surface area (Å²) in [5.74, 6) is 0.928. The summed E-state index contributed by atoms with van der Waals surface area (Å²) >= 11 is 0. The monoisotopic (exact) mass is 241 g/mol. The number of hydrogen-bond acceptors (Lipinski definition) is 2. The van der Waals surface area contributed by atoms with Crippen LogP contribution in [-0.2, 0) is 12.8 Å². The standard InChI is InChI=1S/C16H19NO/c17-11-9-15-7-4-8-16(13-15)18-12-10-14-5-2-1-3-6-14/h1-8,13H,9-12,17H2. The normalized spacial score (nSPS) is 10.3. The molecule has 0 fully saturated rings. The van der Waals surface area contributed by atoms with Crippen LogP contribution in [0.2, 0.25) is 0 Å². The third kappa shape index (κ3) is 3.90. The zero-order valence-corrected chi connectivity index (χ0v) is 10.5. The van der Waals surface area contributed by atoms with E-state index in [9.17, 15) is 0 Å². The molecular formula is C16H19NO. The highest BCUT2D eigenvalue weighted by Crippen LogP contribution is 2.14. The van der Waals surface area contributed by atoms with Gasteiger partial charge >= 0.3 is 0 Å². The smallest absolute Gasteiger partial charge is 0.119 e. The average Bonchev–Trinajstić information content (AvgIpc) is 2.41. The van der Waals surface area contributed by atoms with Crippen LogP contribution >= 0.6 is 0 Å². The van der Waals surface area contributed by atoms with Gasteiger partial charge in [0.05, 0.1) is 6.61 Å². The van der Waals surface area contributed by atoms with Crippen LogP contribution in [0.5, 0.6) is 5.75 Å². The molecule has 2 aromatic carbocycles. The number of nitrogens with two attached hydrogens (primary N) is 1. The quantitative estimate of drug-likeness (QED) is 0.844. The maximum absolute atomic E-state index is 5.76. The predicted octanol–water partition coefficient (Wildman–Crippen LogP) is 2.81. The molecule has 2 aromatic rings. The molecule has 0 atom stereocenters. The molecule has 2 rings (SSSR count). The second kappa shape index (κ2) is 6.82. The number of benzene rings is 2. The van der Waals surface area contributed by atoms with Gasteiger partial charge in [-0.1, -0.05) is 42.5 Å². The summed E-state index contributed by atoms with van der Waals surface area (Å²) in [6, 6.07) is 18.5. The van der Waals surface area contributed by atoms with Crippen molar-refractivity contribution in [3.05, 3.63) is 65.7 Å². The topological polar surface area (TPSA) is 35.2 Å². The summed E-state index contributed by atoms with van der Waals surface area (Å²) in [4.78, 5) is 0. The van der Waals surface area contributed by atoms with Gasteiger partial charge < -0.3 is 10.5 Å². The second-order valence-electron chi connectivity index (χ2n) is 4.27. The Morgan fingerprint density at radius 2 is 1.61 bits per heavy atom. The first-order valence-corrected chi connectivity index (χ1v) is 6.34. The Morgan fingerprint density at radius 1 is 0.833 bits per heavy atom. The molecule has 0 aliphatic carbocycles. The zero-order chi connectivity index (χ0) is 12.6. The summed E-state index contributed by atoms with van der Waals surface area (Å²) in [5.41, 5.74) is 8.08. The molecule has 0 unspecified atom stereocenters. The molecule has 0 heterocycles. The molecule has 0 saturated carbocycles. The Morgan fingerprint density at radius 3 is 2.39 bits per heavy atom. The van der Waals surface area contributed by atoms with Crippen LogP contribution < -0.4 is 10.5 Å². The highest BCUT2D eigenvalue weighted by Gasteiger charge is 1.97. The minimum absolute atomic E-state index is 0.674. The van der Waals surface area contributed by atoms with E-state index in [2.05, 4.69) is 36.4 Å². The molecule has 0 bridgehead atoms. The van der Waals surface area contributed by atoms with Crippen molar-refractivity contribution >= 4 is 0 Å². The number of ether oxygens (including phenoxy) is 1. The fourth-order valence-electron chi connectivity index (χ4n) is 1.89. The summed E-state index contributed by atoms with van der Waals surface area (Å²) in [6.07, 6.45) is 1.83. The van der Waals surface area contributed by atoms with Gasteiger partial charge in [-0.05, 0) is 36.2 Å². The summed E-state index contributed by atoms with van der Waals surface area (Å²) in [5, 5.41) is 0. The Balaban J connectivity index is 1.84. The Hall–Kier alpha value is -1.80. The predicted molar refractivity (Wildman–Crippen MR) is 74.8 cm³/mol. The van der Waals surface area contributed by atoms with Crippen LogP contribution in [0.15, 0.2) is 54.6 Å². The van der Waals surface area contributed by atoms with E-state index in [1.165, 1.54) is 11.1 Å². The van der Waals surface area contributed by atoms with Crippen molar-refractivity contribution in [3.8, 4) is 5.75 Å². The lowest BCUT2D eigenvalue weighted by atomic mass is 10.1. The maximum Gasteiger partial charge on any atom is 0.119 e. The SMILES string of the molecule is NCCc1cccc(OCCc2ccccc2)c1. The van der Waals surface area contributed by atoms with Crippen molar-refractivity contribution in [2.24, 2.45) is 5.73 Å². The molecule has 0 saturated heterocycles. The van der Waals surface area contributed by atoms with Crippen LogP contribution in [0.25, 0.3) is 0 Å². The lowest BCUT2D eigenvalue weighted by Crippen LogP contribution is -2.04. The van der Waals surface area contributed by atoms with E-state index in [0.717, 1.165) is 18.6 Å². The van der Waals surface area contributed by atoms with Gasteiger partial charge in [-0.25, -0.2) is 0 Å². The average molecular weight is 241 g/mol. The van der Waals surface area contributed by atoms with Gasteiger partial charge in [-0.3, -0.25) is 0 Å². The van der Waals surface area contributed by atoms with Gasteiger partial charge in [0.15, 0.2) is 0 Å². The fourth-order valence-corrected chi connectivity index (χ4v) is 1.89. The first kappa shape index (κ1) is 12.7. The Kier molecular flexibility index (Phi) is 4.79. The molecule has 0 aliphatic heterocycles. The van der Waals surface area contributed by atoms with Gasteiger partial charge in [0.25, 0.3) is 0 Å². The van der Waals surface area contributed by atoms with Gasteiger partial charge in [0.2, 0.25) is 0 Å². The molecule has 0 aliphatic rings. The molecular weight excluding hydrogens is 222 g/mol. The largest absolute Gasteiger partial charge is 0.493 e. The van der Waals surface area contributed by atoms with Crippen LogP contribution in [0.4, 0.5) is 0 Å². The van der Waals surface area contributed by atoms with E-state index in [1.54, 1.807) is 0 Å². The third-order valence-corrected chi connectivity index (χ3v) is 2.83. The van der Waals surface area contributed by atoms with E-state index in [4.69, 9.17) is 10.5 Å². The van der Waals surface area contributed by atoms with Crippen molar-refractivity contribution in [2.75, 3.05) is 13.2 Å². The molecule has 18 heavy (non-hydrogen) atoms.